The maximum Gasteiger partial charge on any atom is 0.317 e. The van der Waals surface area contributed by atoms with Gasteiger partial charge < -0.3 is 20.0 Å². The number of carbonyl (C=O) groups excluding carboxylic acids is 1. The molecule has 2 amide bonds. The Hall–Kier alpha value is -1.82. The lowest BCUT2D eigenvalue weighted by molar-refractivity contribution is 0.193. The molecular formula is C14H23N5O. The standard InChI is InChI=1S/C14H23N5O/c1-17(2)8-7-16-14(20)19-11-9-18(10-12-19)13-5-3-4-6-15-13/h3-6H,7-12H2,1-2H3,(H,16,20). The fraction of sp³-hybridized carbons (Fsp3) is 0.571. The third-order valence-electron chi connectivity index (χ3n) is 3.38. The van der Waals surface area contributed by atoms with Gasteiger partial charge in [0.15, 0.2) is 0 Å². The molecule has 0 spiro atoms. The summed E-state index contributed by atoms with van der Waals surface area (Å²) >= 11 is 0. The summed E-state index contributed by atoms with van der Waals surface area (Å²) in [4.78, 5) is 22.5. The van der Waals surface area contributed by atoms with Gasteiger partial charge in [0.2, 0.25) is 0 Å². The number of amides is 2. The largest absolute Gasteiger partial charge is 0.353 e. The Balaban J connectivity index is 1.75. The molecule has 0 bridgehead atoms. The second kappa shape index (κ2) is 7.09. The summed E-state index contributed by atoms with van der Waals surface area (Å²) in [5, 5.41) is 2.95. The monoisotopic (exact) mass is 277 g/mol. The Morgan fingerprint density at radius 1 is 1.30 bits per heavy atom. The van der Waals surface area contributed by atoms with Crippen LogP contribution in [-0.2, 0) is 0 Å². The van der Waals surface area contributed by atoms with E-state index in [0.717, 1.165) is 38.5 Å². The molecule has 2 rings (SSSR count). The van der Waals surface area contributed by atoms with Gasteiger partial charge in [-0.2, -0.15) is 0 Å². The van der Waals surface area contributed by atoms with Crippen LogP contribution in [0.1, 0.15) is 0 Å². The number of piperazine rings is 1. The number of hydrogen-bond donors (Lipinski definition) is 1. The molecule has 1 aromatic rings. The van der Waals surface area contributed by atoms with Crippen molar-refractivity contribution in [1.82, 2.24) is 20.1 Å². The average molecular weight is 277 g/mol. The third-order valence-corrected chi connectivity index (χ3v) is 3.38. The van der Waals surface area contributed by atoms with E-state index in [1.807, 2.05) is 37.2 Å². The van der Waals surface area contributed by atoms with E-state index in [0.29, 0.717) is 6.54 Å². The first-order valence-corrected chi connectivity index (χ1v) is 7.00. The lowest BCUT2D eigenvalue weighted by Gasteiger charge is -2.35. The highest BCUT2D eigenvalue weighted by Crippen LogP contribution is 2.12. The van der Waals surface area contributed by atoms with Gasteiger partial charge in [0.25, 0.3) is 0 Å². The van der Waals surface area contributed by atoms with Crippen molar-refractivity contribution in [3.05, 3.63) is 24.4 Å². The van der Waals surface area contributed by atoms with Crippen molar-refractivity contribution in [2.45, 2.75) is 0 Å². The van der Waals surface area contributed by atoms with Gasteiger partial charge in [0.1, 0.15) is 5.82 Å². The highest BCUT2D eigenvalue weighted by molar-refractivity contribution is 5.74. The molecule has 0 aliphatic carbocycles. The second-order valence-corrected chi connectivity index (χ2v) is 5.20. The van der Waals surface area contributed by atoms with Gasteiger partial charge >= 0.3 is 6.03 Å². The Labute approximate surface area is 120 Å². The molecule has 110 valence electrons. The van der Waals surface area contributed by atoms with Crippen molar-refractivity contribution in [3.8, 4) is 0 Å². The zero-order valence-electron chi connectivity index (χ0n) is 12.2. The van der Waals surface area contributed by atoms with E-state index in [4.69, 9.17) is 0 Å². The van der Waals surface area contributed by atoms with E-state index < -0.39 is 0 Å². The smallest absolute Gasteiger partial charge is 0.317 e. The molecule has 6 nitrogen and oxygen atoms in total. The van der Waals surface area contributed by atoms with Crippen molar-refractivity contribution >= 4 is 11.8 Å². The number of anilines is 1. The van der Waals surface area contributed by atoms with Crippen LogP contribution in [0.15, 0.2) is 24.4 Å². The zero-order chi connectivity index (χ0) is 14.4. The molecule has 0 unspecified atom stereocenters. The van der Waals surface area contributed by atoms with Crippen molar-refractivity contribution in [1.29, 1.82) is 0 Å². The van der Waals surface area contributed by atoms with Gasteiger partial charge in [-0.3, -0.25) is 0 Å². The lowest BCUT2D eigenvalue weighted by atomic mass is 10.3. The normalized spacial score (nSPS) is 15.6. The van der Waals surface area contributed by atoms with Crippen LogP contribution in [0.3, 0.4) is 0 Å². The van der Waals surface area contributed by atoms with Crippen molar-refractivity contribution in [2.24, 2.45) is 0 Å². The van der Waals surface area contributed by atoms with E-state index >= 15 is 0 Å². The summed E-state index contributed by atoms with van der Waals surface area (Å²) in [5.74, 6) is 0.986. The van der Waals surface area contributed by atoms with E-state index in [-0.39, 0.29) is 6.03 Å². The predicted molar refractivity (Wildman–Crippen MR) is 80.0 cm³/mol. The molecule has 0 saturated carbocycles. The topological polar surface area (TPSA) is 51.7 Å². The van der Waals surface area contributed by atoms with Gasteiger partial charge in [0, 0.05) is 45.5 Å². The summed E-state index contributed by atoms with van der Waals surface area (Å²) in [6, 6.07) is 5.94. The molecule has 0 atom stereocenters. The van der Waals surface area contributed by atoms with Crippen LogP contribution in [0.25, 0.3) is 0 Å². The number of aromatic nitrogens is 1. The molecule has 6 heteroatoms. The van der Waals surface area contributed by atoms with Gasteiger partial charge in [-0.05, 0) is 26.2 Å². The molecule has 1 aliphatic rings. The van der Waals surface area contributed by atoms with E-state index in [1.165, 1.54) is 0 Å². The van der Waals surface area contributed by atoms with Crippen LogP contribution in [0, 0.1) is 0 Å². The van der Waals surface area contributed by atoms with Gasteiger partial charge in [0.05, 0.1) is 0 Å². The minimum atomic E-state index is 0.0347. The molecule has 1 N–H and O–H groups in total. The molecular weight excluding hydrogens is 254 g/mol. The fourth-order valence-corrected chi connectivity index (χ4v) is 2.18. The van der Waals surface area contributed by atoms with Crippen LogP contribution in [-0.4, -0.2) is 74.2 Å². The van der Waals surface area contributed by atoms with Gasteiger partial charge in [-0.1, -0.05) is 6.07 Å². The summed E-state index contributed by atoms with van der Waals surface area (Å²) in [6.07, 6.45) is 1.80. The Morgan fingerprint density at radius 2 is 2.05 bits per heavy atom. The predicted octanol–water partition coefficient (Wildman–Crippen LogP) is 0.475. The van der Waals surface area contributed by atoms with Crippen molar-refractivity contribution in [2.75, 3.05) is 58.3 Å². The number of nitrogens with one attached hydrogen (secondary N) is 1. The Bertz CT molecular complexity index is 415. The summed E-state index contributed by atoms with van der Waals surface area (Å²) in [6.45, 7) is 4.69. The highest BCUT2D eigenvalue weighted by Gasteiger charge is 2.21. The number of rotatable bonds is 4. The molecule has 1 aromatic heterocycles. The lowest BCUT2D eigenvalue weighted by Crippen LogP contribution is -2.52. The average Bonchev–Trinajstić information content (AvgIpc) is 2.48. The van der Waals surface area contributed by atoms with E-state index in [1.54, 1.807) is 6.20 Å². The van der Waals surface area contributed by atoms with E-state index in [9.17, 15) is 4.79 Å². The number of nitrogens with zero attached hydrogens (tertiary/aromatic N) is 4. The SMILES string of the molecule is CN(C)CCNC(=O)N1CCN(c2ccccn2)CC1. The maximum atomic E-state index is 12.0. The van der Waals surface area contributed by atoms with E-state index in [2.05, 4.69) is 20.1 Å². The minimum Gasteiger partial charge on any atom is -0.353 e. The molecule has 1 saturated heterocycles. The first-order valence-electron chi connectivity index (χ1n) is 7.00. The molecule has 20 heavy (non-hydrogen) atoms. The Morgan fingerprint density at radius 3 is 2.65 bits per heavy atom. The number of urea groups is 1. The highest BCUT2D eigenvalue weighted by atomic mass is 16.2. The first kappa shape index (κ1) is 14.6. The maximum absolute atomic E-state index is 12.0. The fourth-order valence-electron chi connectivity index (χ4n) is 2.18. The molecule has 2 heterocycles. The molecule has 1 aliphatic heterocycles. The molecule has 0 aromatic carbocycles. The van der Waals surface area contributed by atoms with Crippen molar-refractivity contribution < 1.29 is 4.79 Å². The van der Waals surface area contributed by atoms with Gasteiger partial charge in [-0.25, -0.2) is 9.78 Å². The summed E-state index contributed by atoms with van der Waals surface area (Å²) in [7, 11) is 4.00. The number of hydrogen-bond acceptors (Lipinski definition) is 4. The first-order chi connectivity index (χ1) is 9.66. The third kappa shape index (κ3) is 4.09. The number of carbonyl (C=O) groups is 1. The molecule has 0 radical (unpaired) electrons. The van der Waals surface area contributed by atoms with Crippen molar-refractivity contribution in [3.63, 3.8) is 0 Å². The van der Waals surface area contributed by atoms with Gasteiger partial charge in [-0.15, -0.1) is 0 Å². The zero-order valence-corrected chi connectivity index (χ0v) is 12.2. The van der Waals surface area contributed by atoms with Crippen LogP contribution >= 0.6 is 0 Å². The second-order valence-electron chi connectivity index (χ2n) is 5.20. The van der Waals surface area contributed by atoms with Crippen LogP contribution in [0.5, 0.6) is 0 Å². The quantitative estimate of drug-likeness (QED) is 0.869. The summed E-state index contributed by atoms with van der Waals surface area (Å²) in [5.41, 5.74) is 0. The van der Waals surface area contributed by atoms with Crippen LogP contribution in [0.2, 0.25) is 0 Å². The summed E-state index contributed by atoms with van der Waals surface area (Å²) < 4.78 is 0. The number of likely N-dealkylation sites (N-methyl/N-ethyl adjacent to an activating group) is 1. The Kier molecular flexibility index (Phi) is 5.17. The van der Waals surface area contributed by atoms with Crippen LogP contribution in [0.4, 0.5) is 10.6 Å². The van der Waals surface area contributed by atoms with Crippen LogP contribution < -0.4 is 10.2 Å². The minimum absolute atomic E-state index is 0.0347. The number of pyridine rings is 1. The molecule has 1 fully saturated rings.